The van der Waals surface area contributed by atoms with E-state index >= 15 is 0 Å². The van der Waals surface area contributed by atoms with E-state index in [0.29, 0.717) is 45.3 Å². The second kappa shape index (κ2) is 11.4. The van der Waals surface area contributed by atoms with Gasteiger partial charge in [-0.2, -0.15) is 10.1 Å². The van der Waals surface area contributed by atoms with E-state index in [-0.39, 0.29) is 23.7 Å². The van der Waals surface area contributed by atoms with Gasteiger partial charge in [-0.15, -0.1) is 0 Å². The smallest absolute Gasteiger partial charge is 0.412 e. The number of rotatable bonds is 7. The fraction of sp³-hybridized carbons (Fsp3) is 0.345. The lowest BCUT2D eigenvalue weighted by Crippen LogP contribution is -2.27. The van der Waals surface area contributed by atoms with E-state index in [1.54, 1.807) is 52.2 Å². The van der Waals surface area contributed by atoms with Crippen molar-refractivity contribution in [3.8, 4) is 22.6 Å². The van der Waals surface area contributed by atoms with Crippen molar-refractivity contribution in [1.29, 1.82) is 0 Å². The standard InChI is InChI=1S/C29H32N10O6/c1-28(2,3)26-35-25(45-37-26)24(40)31-13-16-9-8-15(12-19(16)39(42)43)17-10-11-30-22-20(17)33-23(34-22)21-18(14-38(7)36-21)32-27(41)44-29(4,5)6/h8-12,14H,13H2,1-7H3,(H,31,40)(H,32,41)(H,30,33,34). The van der Waals surface area contributed by atoms with Crippen LogP contribution in [0.3, 0.4) is 0 Å². The van der Waals surface area contributed by atoms with Crippen LogP contribution < -0.4 is 10.6 Å². The average Bonchev–Trinajstić information content (AvgIpc) is 3.68. The van der Waals surface area contributed by atoms with Crippen molar-refractivity contribution in [3.05, 3.63) is 64.1 Å². The SMILES string of the molecule is Cn1cc(NC(=O)OC(C)(C)C)c(-c2nc3nccc(-c4ccc(CNC(=O)c5nc(C(C)(C)C)no5)c([N+](=O)[O-])c4)c3[nH]2)n1. The predicted molar refractivity (Wildman–Crippen MR) is 162 cm³/mol. The molecule has 16 nitrogen and oxygen atoms in total. The van der Waals surface area contributed by atoms with E-state index in [4.69, 9.17) is 9.26 Å². The van der Waals surface area contributed by atoms with E-state index in [0.717, 1.165) is 0 Å². The largest absolute Gasteiger partial charge is 0.444 e. The summed E-state index contributed by atoms with van der Waals surface area (Å²) in [5.74, 6) is -0.189. The molecule has 0 spiro atoms. The molecule has 2 amide bonds. The summed E-state index contributed by atoms with van der Waals surface area (Å²) in [4.78, 5) is 52.8. The Morgan fingerprint density at radius 2 is 1.89 bits per heavy atom. The van der Waals surface area contributed by atoms with Crippen molar-refractivity contribution in [1.82, 2.24) is 40.2 Å². The second-order valence-electron chi connectivity index (χ2n) is 12.3. The topological polar surface area (TPSA) is 209 Å². The molecule has 234 valence electrons. The minimum absolute atomic E-state index is 0.143. The number of carbonyl (C=O) groups is 2. The third-order valence-corrected chi connectivity index (χ3v) is 6.40. The summed E-state index contributed by atoms with van der Waals surface area (Å²) < 4.78 is 11.9. The molecule has 0 saturated heterocycles. The Hall–Kier alpha value is -5.67. The maximum Gasteiger partial charge on any atom is 0.412 e. The van der Waals surface area contributed by atoms with Gasteiger partial charge in [-0.25, -0.2) is 14.8 Å². The summed E-state index contributed by atoms with van der Waals surface area (Å²) in [7, 11) is 1.70. The lowest BCUT2D eigenvalue weighted by molar-refractivity contribution is -0.385. The van der Waals surface area contributed by atoms with Crippen LogP contribution in [-0.2, 0) is 23.7 Å². The van der Waals surface area contributed by atoms with E-state index < -0.39 is 27.9 Å². The number of nitrogens with one attached hydrogen (secondary N) is 3. The highest BCUT2D eigenvalue weighted by Crippen LogP contribution is 2.33. The number of imidazole rings is 1. The minimum atomic E-state index is -0.696. The Labute approximate surface area is 256 Å². The van der Waals surface area contributed by atoms with Crippen molar-refractivity contribution >= 4 is 34.5 Å². The summed E-state index contributed by atoms with van der Waals surface area (Å²) >= 11 is 0. The van der Waals surface area contributed by atoms with Crippen LogP contribution in [0.2, 0.25) is 0 Å². The Morgan fingerprint density at radius 1 is 1.13 bits per heavy atom. The van der Waals surface area contributed by atoms with Gasteiger partial charge in [-0.3, -0.25) is 24.9 Å². The fourth-order valence-corrected chi connectivity index (χ4v) is 4.35. The number of carbonyl (C=O) groups excluding carboxylic acids is 2. The predicted octanol–water partition coefficient (Wildman–Crippen LogP) is 4.89. The Morgan fingerprint density at radius 3 is 2.56 bits per heavy atom. The van der Waals surface area contributed by atoms with E-state index in [1.165, 1.54) is 16.9 Å². The highest BCUT2D eigenvalue weighted by atomic mass is 16.6. The van der Waals surface area contributed by atoms with Gasteiger partial charge in [0.25, 0.3) is 5.69 Å². The molecular formula is C29H32N10O6. The van der Waals surface area contributed by atoms with Crippen molar-refractivity contribution in [3.63, 3.8) is 0 Å². The number of aromatic nitrogens is 7. The third-order valence-electron chi connectivity index (χ3n) is 6.40. The lowest BCUT2D eigenvalue weighted by atomic mass is 9.96. The molecular weight excluding hydrogens is 584 g/mol. The first-order valence-corrected chi connectivity index (χ1v) is 13.9. The average molecular weight is 617 g/mol. The van der Waals surface area contributed by atoms with Crippen LogP contribution in [0, 0.1) is 10.1 Å². The van der Waals surface area contributed by atoms with Crippen molar-refractivity contribution in [2.24, 2.45) is 7.05 Å². The molecule has 3 N–H and O–H groups in total. The number of pyridine rings is 1. The summed E-state index contributed by atoms with van der Waals surface area (Å²) in [5, 5.41) is 25.6. The molecule has 4 aromatic heterocycles. The molecule has 5 aromatic rings. The summed E-state index contributed by atoms with van der Waals surface area (Å²) in [6, 6.07) is 6.38. The van der Waals surface area contributed by atoms with Crippen molar-refractivity contribution in [2.75, 3.05) is 5.32 Å². The van der Waals surface area contributed by atoms with E-state index in [2.05, 4.69) is 40.8 Å². The van der Waals surface area contributed by atoms with Crippen molar-refractivity contribution < 1.29 is 23.8 Å². The molecule has 5 rings (SSSR count). The van der Waals surface area contributed by atoms with Crippen LogP contribution in [0.15, 0.2) is 41.2 Å². The minimum Gasteiger partial charge on any atom is -0.444 e. The van der Waals surface area contributed by atoms with E-state index in [9.17, 15) is 19.7 Å². The number of ether oxygens (including phenoxy) is 1. The number of nitro groups is 1. The first kappa shape index (κ1) is 30.8. The van der Waals surface area contributed by atoms with Gasteiger partial charge in [-0.05, 0) is 38.5 Å². The zero-order valence-corrected chi connectivity index (χ0v) is 25.8. The molecule has 0 aliphatic rings. The van der Waals surface area contributed by atoms with Gasteiger partial charge < -0.3 is 19.6 Å². The quantitative estimate of drug-likeness (QED) is 0.165. The number of aryl methyl sites for hydroxylation is 1. The Kier molecular flexibility index (Phi) is 7.82. The van der Waals surface area contributed by atoms with E-state index in [1.807, 2.05) is 20.8 Å². The molecule has 0 bridgehead atoms. The number of amides is 2. The molecule has 0 unspecified atom stereocenters. The number of benzene rings is 1. The molecule has 45 heavy (non-hydrogen) atoms. The second-order valence-corrected chi connectivity index (χ2v) is 12.3. The number of nitro benzene ring substituents is 1. The van der Waals surface area contributed by atoms with Crippen molar-refractivity contribution in [2.45, 2.75) is 59.1 Å². The molecule has 16 heteroatoms. The van der Waals surface area contributed by atoms with Crippen LogP contribution in [0.4, 0.5) is 16.2 Å². The zero-order valence-electron chi connectivity index (χ0n) is 25.8. The zero-order chi connectivity index (χ0) is 32.7. The molecule has 0 fully saturated rings. The van der Waals surface area contributed by atoms with Crippen LogP contribution in [0.25, 0.3) is 33.8 Å². The Bertz CT molecular complexity index is 1930. The van der Waals surface area contributed by atoms with Crippen LogP contribution in [0.5, 0.6) is 0 Å². The first-order chi connectivity index (χ1) is 21.1. The lowest BCUT2D eigenvalue weighted by Gasteiger charge is -2.19. The molecule has 0 aliphatic carbocycles. The van der Waals surface area contributed by atoms with Crippen LogP contribution in [-0.4, -0.2) is 57.4 Å². The fourth-order valence-electron chi connectivity index (χ4n) is 4.35. The van der Waals surface area contributed by atoms with Gasteiger partial charge in [0.15, 0.2) is 23.0 Å². The van der Waals surface area contributed by atoms with Crippen LogP contribution >= 0.6 is 0 Å². The van der Waals surface area contributed by atoms with Gasteiger partial charge >= 0.3 is 17.9 Å². The molecule has 1 aromatic carbocycles. The number of nitrogens with zero attached hydrogens (tertiary/aromatic N) is 7. The maximum absolute atomic E-state index is 12.6. The molecule has 0 atom stereocenters. The number of hydrogen-bond donors (Lipinski definition) is 3. The van der Waals surface area contributed by atoms with Gasteiger partial charge in [-0.1, -0.05) is 32.0 Å². The third kappa shape index (κ3) is 6.79. The van der Waals surface area contributed by atoms with Gasteiger partial charge in [0, 0.05) is 42.0 Å². The maximum atomic E-state index is 12.6. The number of hydrogen-bond acceptors (Lipinski definition) is 11. The molecule has 4 heterocycles. The number of aromatic amines is 1. The molecule has 0 radical (unpaired) electrons. The van der Waals surface area contributed by atoms with Crippen LogP contribution in [0.1, 0.15) is 63.6 Å². The Balaban J connectivity index is 1.42. The van der Waals surface area contributed by atoms with Gasteiger partial charge in [0.2, 0.25) is 0 Å². The highest BCUT2D eigenvalue weighted by molar-refractivity contribution is 5.94. The summed E-state index contributed by atoms with van der Waals surface area (Å²) in [6.45, 7) is 10.8. The first-order valence-electron chi connectivity index (χ1n) is 13.9. The summed E-state index contributed by atoms with van der Waals surface area (Å²) in [5.41, 5.74) is 1.62. The van der Waals surface area contributed by atoms with Gasteiger partial charge in [0.05, 0.1) is 22.7 Å². The highest BCUT2D eigenvalue weighted by Gasteiger charge is 2.25. The number of fused-ring (bicyclic) bond motifs is 1. The number of anilines is 1. The number of H-pyrrole nitrogens is 1. The normalized spacial score (nSPS) is 11.9. The van der Waals surface area contributed by atoms with Gasteiger partial charge in [0.1, 0.15) is 5.60 Å². The monoisotopic (exact) mass is 616 g/mol. The summed E-state index contributed by atoms with van der Waals surface area (Å²) in [6.07, 6.45) is 2.50. The molecule has 0 aliphatic heterocycles. The molecule has 0 saturated carbocycles.